The molecule has 0 fully saturated rings. The molecule has 0 spiro atoms. The molecule has 2 aromatic rings. The monoisotopic (exact) mass is 313 g/mol. The molecule has 2 rings (SSSR count). The lowest BCUT2D eigenvalue weighted by Crippen LogP contribution is -2.17. The van der Waals surface area contributed by atoms with Crippen molar-refractivity contribution in [2.75, 3.05) is 6.54 Å². The lowest BCUT2D eigenvalue weighted by Gasteiger charge is -2.06. The third kappa shape index (κ3) is 3.36. The average molecular weight is 314 g/mol. The van der Waals surface area contributed by atoms with Crippen LogP contribution in [-0.2, 0) is 13.0 Å². The minimum absolute atomic E-state index is 0.248. The Kier molecular flexibility index (Phi) is 4.43. The molecule has 96 valence electrons. The predicted molar refractivity (Wildman–Crippen MR) is 68.5 cm³/mol. The summed E-state index contributed by atoms with van der Waals surface area (Å²) < 4.78 is 18.7. The van der Waals surface area contributed by atoms with Crippen molar-refractivity contribution in [2.24, 2.45) is 0 Å². The van der Waals surface area contributed by atoms with Gasteiger partial charge in [-0.25, -0.2) is 4.39 Å². The second-order valence-corrected chi connectivity index (χ2v) is 4.67. The zero-order valence-electron chi connectivity index (χ0n) is 9.91. The van der Waals surface area contributed by atoms with Crippen LogP contribution in [0.4, 0.5) is 4.39 Å². The highest BCUT2D eigenvalue weighted by Gasteiger charge is 2.05. The lowest BCUT2D eigenvalue weighted by molar-refractivity contribution is 0.372. The summed E-state index contributed by atoms with van der Waals surface area (Å²) in [6.07, 6.45) is 0.660. The van der Waals surface area contributed by atoms with Gasteiger partial charge in [0.2, 0.25) is 5.89 Å². The normalized spacial score (nSPS) is 10.8. The van der Waals surface area contributed by atoms with Gasteiger partial charge >= 0.3 is 0 Å². The van der Waals surface area contributed by atoms with E-state index in [-0.39, 0.29) is 5.82 Å². The maximum atomic E-state index is 13.2. The Morgan fingerprint density at radius 1 is 1.44 bits per heavy atom. The molecule has 0 saturated carbocycles. The second kappa shape index (κ2) is 6.06. The largest absolute Gasteiger partial charge is 0.339 e. The van der Waals surface area contributed by atoms with Gasteiger partial charge in [0, 0.05) is 19.5 Å². The second-order valence-electron chi connectivity index (χ2n) is 3.88. The van der Waals surface area contributed by atoms with E-state index in [2.05, 4.69) is 31.4 Å². The van der Waals surface area contributed by atoms with Crippen LogP contribution in [0.25, 0.3) is 0 Å². The van der Waals surface area contributed by atoms with E-state index in [0.29, 0.717) is 35.7 Å². The van der Waals surface area contributed by atoms with Crippen molar-refractivity contribution >= 4 is 15.9 Å². The molecule has 0 aliphatic carbocycles. The van der Waals surface area contributed by atoms with Crippen LogP contribution in [0.3, 0.4) is 0 Å². The van der Waals surface area contributed by atoms with Crippen molar-refractivity contribution in [1.82, 2.24) is 15.5 Å². The molecule has 0 atom stereocenters. The summed E-state index contributed by atoms with van der Waals surface area (Å²) in [6.45, 7) is 3.07. The van der Waals surface area contributed by atoms with Crippen LogP contribution in [0.2, 0.25) is 0 Å². The molecule has 0 bridgehead atoms. The number of hydrogen-bond acceptors (Lipinski definition) is 4. The minimum atomic E-state index is -0.248. The molecule has 0 unspecified atom stereocenters. The van der Waals surface area contributed by atoms with Crippen LogP contribution in [0.5, 0.6) is 0 Å². The maximum absolute atomic E-state index is 13.2. The van der Waals surface area contributed by atoms with Crippen LogP contribution >= 0.6 is 15.9 Å². The topological polar surface area (TPSA) is 51.0 Å². The highest BCUT2D eigenvalue weighted by molar-refractivity contribution is 9.10. The van der Waals surface area contributed by atoms with Crippen LogP contribution in [-0.4, -0.2) is 16.7 Å². The van der Waals surface area contributed by atoms with Crippen LogP contribution < -0.4 is 5.32 Å². The number of hydrogen-bond donors (Lipinski definition) is 1. The van der Waals surface area contributed by atoms with Gasteiger partial charge in [-0.3, -0.25) is 0 Å². The van der Waals surface area contributed by atoms with Gasteiger partial charge in [-0.15, -0.1) is 0 Å². The molecule has 0 aliphatic rings. The van der Waals surface area contributed by atoms with Gasteiger partial charge in [-0.1, -0.05) is 17.3 Å². The zero-order valence-corrected chi connectivity index (χ0v) is 11.5. The Labute approximate surface area is 113 Å². The van der Waals surface area contributed by atoms with Crippen molar-refractivity contribution in [2.45, 2.75) is 19.9 Å². The number of aromatic nitrogens is 2. The van der Waals surface area contributed by atoms with E-state index < -0.39 is 0 Å². The quantitative estimate of drug-likeness (QED) is 0.862. The fraction of sp³-hybridized carbons (Fsp3) is 0.333. The maximum Gasteiger partial charge on any atom is 0.227 e. The number of rotatable bonds is 5. The van der Waals surface area contributed by atoms with Gasteiger partial charge in [0.25, 0.3) is 0 Å². The van der Waals surface area contributed by atoms with Gasteiger partial charge in [0.05, 0.1) is 4.47 Å². The van der Waals surface area contributed by atoms with Crippen LogP contribution in [0.15, 0.2) is 27.2 Å². The third-order valence-corrected chi connectivity index (χ3v) is 3.32. The zero-order chi connectivity index (χ0) is 13.0. The summed E-state index contributed by atoms with van der Waals surface area (Å²) >= 11 is 3.22. The highest BCUT2D eigenvalue weighted by atomic mass is 79.9. The van der Waals surface area contributed by atoms with E-state index in [4.69, 9.17) is 4.52 Å². The van der Waals surface area contributed by atoms with E-state index in [9.17, 15) is 4.39 Å². The number of nitrogens with one attached hydrogen (secondary N) is 1. The van der Waals surface area contributed by atoms with E-state index in [0.717, 1.165) is 5.56 Å². The van der Waals surface area contributed by atoms with Crippen molar-refractivity contribution in [1.29, 1.82) is 0 Å². The molecule has 0 radical (unpaired) electrons. The first-order chi connectivity index (χ1) is 8.66. The van der Waals surface area contributed by atoms with Gasteiger partial charge < -0.3 is 9.84 Å². The van der Waals surface area contributed by atoms with Crippen molar-refractivity contribution < 1.29 is 8.91 Å². The summed E-state index contributed by atoms with van der Waals surface area (Å²) in [7, 11) is 0. The average Bonchev–Trinajstić information content (AvgIpc) is 2.76. The van der Waals surface area contributed by atoms with E-state index >= 15 is 0 Å². The number of halogens is 2. The Balaban J connectivity index is 1.80. The lowest BCUT2D eigenvalue weighted by atomic mass is 10.2. The van der Waals surface area contributed by atoms with E-state index in [1.54, 1.807) is 13.0 Å². The molecule has 0 amide bonds. The van der Waals surface area contributed by atoms with Gasteiger partial charge in [-0.05, 0) is 34.5 Å². The Morgan fingerprint density at radius 2 is 2.28 bits per heavy atom. The molecule has 6 heteroatoms. The predicted octanol–water partition coefficient (Wildman–Crippen LogP) is 2.61. The van der Waals surface area contributed by atoms with Crippen LogP contribution in [0.1, 0.15) is 17.3 Å². The summed E-state index contributed by atoms with van der Waals surface area (Å²) in [4.78, 5) is 4.10. The van der Waals surface area contributed by atoms with Crippen molar-refractivity contribution in [3.05, 3.63) is 45.8 Å². The van der Waals surface area contributed by atoms with Crippen LogP contribution in [0, 0.1) is 12.7 Å². The van der Waals surface area contributed by atoms with Gasteiger partial charge in [0.1, 0.15) is 5.82 Å². The first-order valence-corrected chi connectivity index (χ1v) is 6.39. The Hall–Kier alpha value is -1.27. The Bertz CT molecular complexity index is 530. The summed E-state index contributed by atoms with van der Waals surface area (Å²) in [6, 6.07) is 4.99. The summed E-state index contributed by atoms with van der Waals surface area (Å²) in [5.74, 6) is 0.998. The molecule has 0 saturated heterocycles. The first kappa shape index (κ1) is 13.2. The molecule has 18 heavy (non-hydrogen) atoms. The SMILES string of the molecule is Cc1noc(CCNCc2cccc(F)c2Br)n1. The molecular formula is C12H13BrFN3O. The summed E-state index contributed by atoms with van der Waals surface area (Å²) in [5, 5.41) is 6.91. The smallest absolute Gasteiger partial charge is 0.227 e. The number of benzene rings is 1. The fourth-order valence-electron chi connectivity index (χ4n) is 1.54. The molecule has 1 N–H and O–H groups in total. The van der Waals surface area contributed by atoms with Gasteiger partial charge in [-0.2, -0.15) is 4.98 Å². The standard InChI is InChI=1S/C12H13BrFN3O/c1-8-16-11(18-17-8)5-6-15-7-9-3-2-4-10(14)12(9)13/h2-4,15H,5-7H2,1H3. The molecule has 4 nitrogen and oxygen atoms in total. The van der Waals surface area contributed by atoms with Gasteiger partial charge in [0.15, 0.2) is 5.82 Å². The summed E-state index contributed by atoms with van der Waals surface area (Å²) in [5.41, 5.74) is 0.886. The molecule has 1 aromatic carbocycles. The molecule has 0 aliphatic heterocycles. The first-order valence-electron chi connectivity index (χ1n) is 5.59. The minimum Gasteiger partial charge on any atom is -0.339 e. The van der Waals surface area contributed by atoms with Crippen molar-refractivity contribution in [3.8, 4) is 0 Å². The molecule has 1 aromatic heterocycles. The fourth-order valence-corrected chi connectivity index (χ4v) is 1.95. The Morgan fingerprint density at radius 3 is 3.00 bits per heavy atom. The van der Waals surface area contributed by atoms with Crippen molar-refractivity contribution in [3.63, 3.8) is 0 Å². The molecule has 1 heterocycles. The van der Waals surface area contributed by atoms with E-state index in [1.165, 1.54) is 6.07 Å². The van der Waals surface area contributed by atoms with E-state index in [1.807, 2.05) is 6.07 Å². The number of nitrogens with zero attached hydrogens (tertiary/aromatic N) is 2. The number of aryl methyl sites for hydroxylation is 1. The highest BCUT2D eigenvalue weighted by Crippen LogP contribution is 2.19. The third-order valence-electron chi connectivity index (χ3n) is 2.43. The molecular weight excluding hydrogens is 301 g/mol.